The minimum Gasteiger partial charge on any atom is -0.411 e. The van der Waals surface area contributed by atoms with E-state index in [0.29, 0.717) is 18.7 Å². The van der Waals surface area contributed by atoms with Gasteiger partial charge in [-0.2, -0.15) is 0 Å². The Bertz CT molecular complexity index is 461. The number of amides is 2. The predicted octanol–water partition coefficient (Wildman–Crippen LogP) is 2.24. The van der Waals surface area contributed by atoms with Crippen LogP contribution in [0.3, 0.4) is 0 Å². The molecular weight excluding hydrogens is 256 g/mol. The first kappa shape index (κ1) is 16.0. The first-order chi connectivity index (χ1) is 9.26. The molecule has 3 N–H and O–H groups in total. The maximum absolute atomic E-state index is 11.6. The Kier molecular flexibility index (Phi) is 5.55. The summed E-state index contributed by atoms with van der Waals surface area (Å²) in [6.07, 6.45) is 0.415. The van der Waals surface area contributed by atoms with Crippen molar-refractivity contribution in [3.63, 3.8) is 0 Å². The molecule has 0 atom stereocenters. The third-order valence-electron chi connectivity index (χ3n) is 2.57. The van der Waals surface area contributed by atoms with Crippen LogP contribution in [0.15, 0.2) is 24.3 Å². The van der Waals surface area contributed by atoms with Crippen LogP contribution in [0.1, 0.15) is 32.8 Å². The van der Waals surface area contributed by atoms with Gasteiger partial charge in [0.05, 0.1) is 0 Å². The second-order valence-corrected chi connectivity index (χ2v) is 5.90. The molecule has 0 radical (unpaired) electrons. The van der Waals surface area contributed by atoms with E-state index in [1.165, 1.54) is 0 Å². The fourth-order valence-corrected chi connectivity index (χ4v) is 1.73. The van der Waals surface area contributed by atoms with Crippen molar-refractivity contribution < 1.29 is 14.3 Å². The number of primary amides is 1. The van der Waals surface area contributed by atoms with Gasteiger partial charge in [0.15, 0.2) is 0 Å². The summed E-state index contributed by atoms with van der Waals surface area (Å²) in [5.41, 5.74) is 5.97. The lowest BCUT2D eigenvalue weighted by Crippen LogP contribution is -2.29. The van der Waals surface area contributed by atoms with Crippen molar-refractivity contribution in [1.82, 2.24) is 5.32 Å². The van der Waals surface area contributed by atoms with Crippen LogP contribution in [0.2, 0.25) is 0 Å². The number of ether oxygens (including phenoxy) is 1. The van der Waals surface area contributed by atoms with Gasteiger partial charge >= 0.3 is 6.09 Å². The number of carbonyl (C=O) groups is 2. The van der Waals surface area contributed by atoms with Crippen LogP contribution < -0.4 is 15.8 Å². The molecule has 0 saturated carbocycles. The van der Waals surface area contributed by atoms with Crippen molar-refractivity contribution >= 4 is 12.0 Å². The maximum Gasteiger partial charge on any atom is 0.409 e. The van der Waals surface area contributed by atoms with E-state index < -0.39 is 6.09 Å². The Morgan fingerprint density at radius 1 is 1.20 bits per heavy atom. The second-order valence-electron chi connectivity index (χ2n) is 5.90. The molecule has 0 heterocycles. The van der Waals surface area contributed by atoms with Crippen molar-refractivity contribution in [3.05, 3.63) is 29.8 Å². The van der Waals surface area contributed by atoms with Gasteiger partial charge in [-0.3, -0.25) is 4.79 Å². The fraction of sp³-hybridized carbons (Fsp3) is 0.467. The van der Waals surface area contributed by atoms with Gasteiger partial charge in [-0.15, -0.1) is 0 Å². The molecule has 20 heavy (non-hydrogen) atoms. The quantitative estimate of drug-likeness (QED) is 0.866. The summed E-state index contributed by atoms with van der Waals surface area (Å²) in [7, 11) is 0. The maximum atomic E-state index is 11.6. The van der Waals surface area contributed by atoms with E-state index in [9.17, 15) is 9.59 Å². The lowest BCUT2D eigenvalue weighted by Gasteiger charge is -2.17. The number of carbonyl (C=O) groups excluding carboxylic acids is 2. The molecule has 5 heteroatoms. The Hall–Kier alpha value is -2.04. The van der Waals surface area contributed by atoms with E-state index in [4.69, 9.17) is 10.5 Å². The smallest absolute Gasteiger partial charge is 0.409 e. The highest BCUT2D eigenvalue weighted by atomic mass is 16.5. The van der Waals surface area contributed by atoms with Gasteiger partial charge in [0.2, 0.25) is 5.91 Å². The van der Waals surface area contributed by atoms with Gasteiger partial charge in [0, 0.05) is 13.0 Å². The molecule has 110 valence electrons. The zero-order valence-corrected chi connectivity index (χ0v) is 12.2. The first-order valence-electron chi connectivity index (χ1n) is 6.59. The van der Waals surface area contributed by atoms with Gasteiger partial charge in [-0.25, -0.2) is 4.79 Å². The largest absolute Gasteiger partial charge is 0.411 e. The Labute approximate surface area is 119 Å². The van der Waals surface area contributed by atoms with Crippen LogP contribution >= 0.6 is 0 Å². The third-order valence-corrected chi connectivity index (χ3v) is 2.57. The molecule has 1 aromatic rings. The molecule has 0 unspecified atom stereocenters. The average molecular weight is 278 g/mol. The number of hydrogen-bond acceptors (Lipinski definition) is 3. The number of rotatable bonds is 5. The van der Waals surface area contributed by atoms with Gasteiger partial charge in [0.1, 0.15) is 5.75 Å². The van der Waals surface area contributed by atoms with E-state index in [2.05, 4.69) is 5.32 Å². The van der Waals surface area contributed by atoms with Gasteiger partial charge in [-0.1, -0.05) is 32.9 Å². The summed E-state index contributed by atoms with van der Waals surface area (Å²) in [5.74, 6) is 0.476. The standard InChI is InChI=1S/C15H22N2O3/c1-15(2,3)10-13(18)17-9-8-11-4-6-12(7-5-11)20-14(16)19/h4-7H,8-10H2,1-3H3,(H2,16,19)(H,17,18). The summed E-state index contributed by atoms with van der Waals surface area (Å²) in [6.45, 7) is 6.68. The topological polar surface area (TPSA) is 81.4 Å². The number of nitrogens with two attached hydrogens (primary N) is 1. The summed E-state index contributed by atoms with van der Waals surface area (Å²) in [5, 5.41) is 2.89. The van der Waals surface area contributed by atoms with Crippen LogP contribution in [-0.4, -0.2) is 18.5 Å². The third kappa shape index (κ3) is 6.78. The Morgan fingerprint density at radius 3 is 2.30 bits per heavy atom. The fourth-order valence-electron chi connectivity index (χ4n) is 1.73. The van der Waals surface area contributed by atoms with Crippen LogP contribution in [-0.2, 0) is 11.2 Å². The molecule has 1 rings (SSSR count). The average Bonchev–Trinajstić information content (AvgIpc) is 2.28. The molecule has 0 aromatic heterocycles. The minimum absolute atomic E-state index is 0.00215. The summed E-state index contributed by atoms with van der Waals surface area (Å²) in [6, 6.07) is 7.04. The van der Waals surface area contributed by atoms with Crippen LogP contribution in [0.4, 0.5) is 4.79 Å². The molecule has 0 aliphatic carbocycles. The highest BCUT2D eigenvalue weighted by molar-refractivity contribution is 5.76. The van der Waals surface area contributed by atoms with Crippen LogP contribution in [0.5, 0.6) is 5.75 Å². The van der Waals surface area contributed by atoms with E-state index >= 15 is 0 Å². The van der Waals surface area contributed by atoms with E-state index in [1.54, 1.807) is 12.1 Å². The number of hydrogen-bond donors (Lipinski definition) is 2. The molecule has 0 aliphatic rings. The monoisotopic (exact) mass is 278 g/mol. The zero-order chi connectivity index (χ0) is 15.2. The van der Waals surface area contributed by atoms with E-state index in [1.807, 2.05) is 32.9 Å². The van der Waals surface area contributed by atoms with Crippen molar-refractivity contribution in [2.75, 3.05) is 6.54 Å². The summed E-state index contributed by atoms with van der Waals surface area (Å²) < 4.78 is 4.74. The summed E-state index contributed by atoms with van der Waals surface area (Å²) in [4.78, 5) is 22.2. The molecule has 5 nitrogen and oxygen atoms in total. The molecule has 1 aromatic carbocycles. The van der Waals surface area contributed by atoms with E-state index in [0.717, 1.165) is 12.0 Å². The molecule has 0 fully saturated rings. The minimum atomic E-state index is -0.827. The molecular formula is C15H22N2O3. The Morgan fingerprint density at radius 2 is 1.80 bits per heavy atom. The van der Waals surface area contributed by atoms with Crippen molar-refractivity contribution in [2.24, 2.45) is 11.1 Å². The highest BCUT2D eigenvalue weighted by Gasteiger charge is 2.15. The second kappa shape index (κ2) is 6.93. The number of nitrogens with one attached hydrogen (secondary N) is 1. The molecule has 2 amide bonds. The van der Waals surface area contributed by atoms with Crippen LogP contribution in [0, 0.1) is 5.41 Å². The molecule has 0 spiro atoms. The van der Waals surface area contributed by atoms with Gasteiger partial charge in [0.25, 0.3) is 0 Å². The molecule has 0 saturated heterocycles. The van der Waals surface area contributed by atoms with Crippen molar-refractivity contribution in [2.45, 2.75) is 33.6 Å². The zero-order valence-electron chi connectivity index (χ0n) is 12.2. The lowest BCUT2D eigenvalue weighted by atomic mass is 9.92. The van der Waals surface area contributed by atoms with Gasteiger partial charge < -0.3 is 15.8 Å². The molecule has 0 bridgehead atoms. The van der Waals surface area contributed by atoms with Crippen LogP contribution in [0.25, 0.3) is 0 Å². The SMILES string of the molecule is CC(C)(C)CC(=O)NCCc1ccc(OC(N)=O)cc1. The van der Waals surface area contributed by atoms with Crippen molar-refractivity contribution in [3.8, 4) is 5.75 Å². The van der Waals surface area contributed by atoms with Gasteiger partial charge in [-0.05, 0) is 29.5 Å². The Balaban J connectivity index is 2.35. The predicted molar refractivity (Wildman–Crippen MR) is 77.4 cm³/mol. The highest BCUT2D eigenvalue weighted by Crippen LogP contribution is 2.17. The van der Waals surface area contributed by atoms with Crippen molar-refractivity contribution in [1.29, 1.82) is 0 Å². The normalized spacial score (nSPS) is 10.9. The first-order valence-corrected chi connectivity index (χ1v) is 6.59. The van der Waals surface area contributed by atoms with E-state index in [-0.39, 0.29) is 11.3 Å². The molecule has 0 aliphatic heterocycles. The lowest BCUT2D eigenvalue weighted by molar-refractivity contribution is -0.122. The summed E-state index contributed by atoms with van der Waals surface area (Å²) >= 11 is 0. The number of benzene rings is 1.